The molecule has 0 bridgehead atoms. The first-order chi connectivity index (χ1) is 18.6. The molecule has 1 aliphatic rings. The molecule has 2 amide bonds. The van der Waals surface area contributed by atoms with Gasteiger partial charge < -0.3 is 10.2 Å². The maximum atomic E-state index is 14.9. The van der Waals surface area contributed by atoms with Gasteiger partial charge in [0, 0.05) is 34.9 Å². The van der Waals surface area contributed by atoms with E-state index in [4.69, 9.17) is 11.6 Å². The minimum atomic E-state index is -1.43. The first kappa shape index (κ1) is 26.5. The van der Waals surface area contributed by atoms with Crippen LogP contribution in [0.5, 0.6) is 0 Å². The molecule has 10 heteroatoms. The number of aryl methyl sites for hydroxylation is 1. The average Bonchev–Trinajstić information content (AvgIpc) is 3.46. The zero-order chi connectivity index (χ0) is 27.8. The fourth-order valence-corrected chi connectivity index (χ4v) is 5.20. The molecular formula is C29H25ClF2N4O3. The van der Waals surface area contributed by atoms with E-state index in [1.807, 2.05) is 19.1 Å². The lowest BCUT2D eigenvalue weighted by atomic mass is 10.0. The number of alkyl halides is 1. The highest BCUT2D eigenvalue weighted by molar-refractivity contribution is 6.33. The number of hydrogen-bond donors (Lipinski definition) is 1. The van der Waals surface area contributed by atoms with E-state index < -0.39 is 29.8 Å². The van der Waals surface area contributed by atoms with Crippen molar-refractivity contribution in [2.45, 2.75) is 39.0 Å². The summed E-state index contributed by atoms with van der Waals surface area (Å²) in [6.45, 7) is 2.69. The van der Waals surface area contributed by atoms with E-state index in [1.165, 1.54) is 23.7 Å². The van der Waals surface area contributed by atoms with Gasteiger partial charge in [-0.15, -0.1) is 0 Å². The van der Waals surface area contributed by atoms with Gasteiger partial charge >= 0.3 is 0 Å². The second kappa shape index (κ2) is 10.6. The molecule has 1 fully saturated rings. The van der Waals surface area contributed by atoms with Gasteiger partial charge in [-0.25, -0.2) is 8.78 Å². The summed E-state index contributed by atoms with van der Waals surface area (Å²) in [4.78, 5) is 40.0. The van der Waals surface area contributed by atoms with Crippen molar-refractivity contribution in [2.24, 2.45) is 0 Å². The van der Waals surface area contributed by atoms with E-state index >= 15 is 0 Å². The third-order valence-electron chi connectivity index (χ3n) is 6.82. The number of benzene rings is 3. The van der Waals surface area contributed by atoms with Gasteiger partial charge in [0.25, 0.3) is 0 Å². The largest absolute Gasteiger partial charge is 0.326 e. The van der Waals surface area contributed by atoms with E-state index in [0.29, 0.717) is 27.1 Å². The number of rotatable bonds is 6. The quantitative estimate of drug-likeness (QED) is 0.317. The van der Waals surface area contributed by atoms with Crippen LogP contribution in [0.3, 0.4) is 0 Å². The number of likely N-dealkylation sites (tertiary alicyclic amines) is 1. The molecule has 0 aliphatic carbocycles. The summed E-state index contributed by atoms with van der Waals surface area (Å²) < 4.78 is 30.9. The van der Waals surface area contributed by atoms with Crippen LogP contribution >= 0.6 is 11.6 Å². The highest BCUT2D eigenvalue weighted by Gasteiger charge is 2.40. The van der Waals surface area contributed by atoms with Gasteiger partial charge in [0.15, 0.2) is 5.78 Å². The van der Waals surface area contributed by atoms with Gasteiger partial charge in [0.1, 0.15) is 30.3 Å². The van der Waals surface area contributed by atoms with E-state index in [9.17, 15) is 23.2 Å². The highest BCUT2D eigenvalue weighted by atomic mass is 35.5. The Bertz CT molecular complexity index is 1620. The Balaban J connectivity index is 1.42. The molecule has 200 valence electrons. The lowest BCUT2D eigenvalue weighted by Gasteiger charge is -2.24. The van der Waals surface area contributed by atoms with Gasteiger partial charge in [-0.3, -0.25) is 19.1 Å². The van der Waals surface area contributed by atoms with Crippen LogP contribution in [0, 0.1) is 12.7 Å². The highest BCUT2D eigenvalue weighted by Crippen LogP contribution is 2.35. The second-order valence-electron chi connectivity index (χ2n) is 9.61. The first-order valence-electron chi connectivity index (χ1n) is 12.4. The number of carbonyl (C=O) groups excluding carboxylic acids is 3. The Morgan fingerprint density at radius 1 is 1.08 bits per heavy atom. The van der Waals surface area contributed by atoms with Crippen LogP contribution in [0.1, 0.15) is 29.4 Å². The number of ketones is 1. The number of nitrogens with one attached hydrogen (secondary N) is 1. The molecule has 1 saturated heterocycles. The third kappa shape index (κ3) is 5.14. The monoisotopic (exact) mass is 550 g/mol. The van der Waals surface area contributed by atoms with Crippen LogP contribution in [0.15, 0.2) is 60.7 Å². The van der Waals surface area contributed by atoms with Crippen LogP contribution in [0.2, 0.25) is 5.02 Å². The van der Waals surface area contributed by atoms with Gasteiger partial charge in [0.05, 0.1) is 17.7 Å². The van der Waals surface area contributed by atoms with Crippen molar-refractivity contribution in [1.29, 1.82) is 0 Å². The molecular weight excluding hydrogens is 526 g/mol. The summed E-state index contributed by atoms with van der Waals surface area (Å²) in [5, 5.41) is 7.88. The molecule has 5 rings (SSSR count). The van der Waals surface area contributed by atoms with Crippen molar-refractivity contribution in [1.82, 2.24) is 14.7 Å². The lowest BCUT2D eigenvalue weighted by Crippen LogP contribution is -2.44. The summed E-state index contributed by atoms with van der Waals surface area (Å²) in [5.74, 6) is -2.20. The molecule has 3 aromatic carbocycles. The number of aromatic nitrogens is 2. The van der Waals surface area contributed by atoms with Crippen LogP contribution in [-0.2, 0) is 16.1 Å². The number of anilines is 1. The normalized spacial score (nSPS) is 17.0. The molecule has 0 radical (unpaired) electrons. The van der Waals surface area contributed by atoms with Crippen molar-refractivity contribution in [3.63, 3.8) is 0 Å². The Kier molecular flexibility index (Phi) is 7.18. The average molecular weight is 551 g/mol. The number of carbonyl (C=O) groups is 3. The predicted molar refractivity (Wildman–Crippen MR) is 145 cm³/mol. The van der Waals surface area contributed by atoms with Crippen molar-refractivity contribution >= 4 is 45.8 Å². The molecule has 1 N–H and O–H groups in total. The number of nitrogens with zero attached hydrogens (tertiary/aromatic N) is 3. The maximum Gasteiger partial charge on any atom is 0.247 e. The van der Waals surface area contributed by atoms with Gasteiger partial charge in [-0.1, -0.05) is 53.6 Å². The fourth-order valence-electron chi connectivity index (χ4n) is 4.96. The van der Waals surface area contributed by atoms with Crippen molar-refractivity contribution in [3.05, 3.63) is 82.8 Å². The van der Waals surface area contributed by atoms with Crippen LogP contribution in [-0.4, -0.2) is 51.0 Å². The summed E-state index contributed by atoms with van der Waals surface area (Å²) >= 11 is 6.31. The standard InChI is InChI=1S/C29H25ClF2N4O3/c1-16-10-11-24-21(12-16)27(17(2)37)34-36(24)15-26(38)35-14-18(31)13-25(35)29(39)33-28-20(7-5-9-23(28)32)19-6-3-4-8-22(19)30/h3-12,18,25H,13-15H2,1-2H3,(H,33,39)/t18-,25+/m1/s1. The van der Waals surface area contributed by atoms with Crippen LogP contribution in [0.25, 0.3) is 22.0 Å². The molecule has 0 unspecified atom stereocenters. The lowest BCUT2D eigenvalue weighted by molar-refractivity contribution is -0.137. The summed E-state index contributed by atoms with van der Waals surface area (Å²) in [6.07, 6.45) is -1.66. The van der Waals surface area contributed by atoms with E-state index in [-0.39, 0.29) is 36.7 Å². The molecule has 7 nitrogen and oxygen atoms in total. The fraction of sp³-hybridized carbons (Fsp3) is 0.241. The number of amides is 2. The Labute approximate surface area is 228 Å². The maximum absolute atomic E-state index is 14.9. The summed E-state index contributed by atoms with van der Waals surface area (Å²) in [6, 6.07) is 15.4. The Hall–Kier alpha value is -4.11. The Morgan fingerprint density at radius 3 is 2.56 bits per heavy atom. The minimum absolute atomic E-state index is 0.107. The van der Waals surface area contributed by atoms with Gasteiger partial charge in [0.2, 0.25) is 11.8 Å². The summed E-state index contributed by atoms with van der Waals surface area (Å²) in [5.41, 5.74) is 2.50. The van der Waals surface area contributed by atoms with Crippen LogP contribution in [0.4, 0.5) is 14.5 Å². The number of para-hydroxylation sites is 1. The molecule has 4 aromatic rings. The Morgan fingerprint density at radius 2 is 1.82 bits per heavy atom. The molecule has 1 aliphatic heterocycles. The molecule has 1 aromatic heterocycles. The van der Waals surface area contributed by atoms with Crippen molar-refractivity contribution < 1.29 is 23.2 Å². The number of Topliss-reactive ketones (excluding diaryl/α,β-unsaturated/α-hetero) is 1. The van der Waals surface area contributed by atoms with Gasteiger partial charge in [-0.2, -0.15) is 5.10 Å². The van der Waals surface area contributed by atoms with Crippen LogP contribution < -0.4 is 5.32 Å². The predicted octanol–water partition coefficient (Wildman–Crippen LogP) is 5.58. The number of fused-ring (bicyclic) bond motifs is 1. The zero-order valence-corrected chi connectivity index (χ0v) is 22.0. The van der Waals surface area contributed by atoms with Crippen molar-refractivity contribution in [3.8, 4) is 11.1 Å². The molecule has 2 atom stereocenters. The van der Waals surface area contributed by atoms with E-state index in [2.05, 4.69) is 10.4 Å². The zero-order valence-electron chi connectivity index (χ0n) is 21.2. The molecule has 0 spiro atoms. The first-order valence-corrected chi connectivity index (χ1v) is 12.8. The van der Waals surface area contributed by atoms with Crippen molar-refractivity contribution in [2.75, 3.05) is 11.9 Å². The van der Waals surface area contributed by atoms with E-state index in [1.54, 1.807) is 36.4 Å². The smallest absolute Gasteiger partial charge is 0.247 e. The van der Waals surface area contributed by atoms with Gasteiger partial charge in [-0.05, 0) is 31.2 Å². The van der Waals surface area contributed by atoms with E-state index in [0.717, 1.165) is 10.5 Å². The topological polar surface area (TPSA) is 84.3 Å². The summed E-state index contributed by atoms with van der Waals surface area (Å²) in [7, 11) is 0. The minimum Gasteiger partial charge on any atom is -0.326 e. The number of halogens is 3. The number of hydrogen-bond acceptors (Lipinski definition) is 4. The molecule has 0 saturated carbocycles. The SMILES string of the molecule is CC(=O)c1nn(CC(=O)N2C[C@H](F)C[C@H]2C(=O)Nc2c(F)cccc2-c2ccccc2Cl)c2ccc(C)cc12. The second-order valence-corrected chi connectivity index (χ2v) is 10.0. The molecule has 2 heterocycles. The third-order valence-corrected chi connectivity index (χ3v) is 7.15. The molecule has 39 heavy (non-hydrogen) atoms.